The predicted molar refractivity (Wildman–Crippen MR) is 67.8 cm³/mol. The van der Waals surface area contributed by atoms with Crippen LogP contribution in [0.15, 0.2) is 24.4 Å². The first-order valence-electron chi connectivity index (χ1n) is 6.71. The minimum absolute atomic E-state index is 0.158. The molecule has 2 saturated carbocycles. The number of carbonyl (C=O) groups is 1. The van der Waals surface area contributed by atoms with Gasteiger partial charge in [-0.15, -0.1) is 0 Å². The Balaban J connectivity index is 1.71. The molecule has 0 radical (unpaired) electrons. The van der Waals surface area contributed by atoms with E-state index in [-0.39, 0.29) is 5.54 Å². The third-order valence-corrected chi connectivity index (χ3v) is 5.69. The topological polar surface area (TPSA) is 68.3 Å². The first-order chi connectivity index (χ1) is 8.56. The molecule has 0 aromatic rings. The minimum atomic E-state index is -0.158. The summed E-state index contributed by atoms with van der Waals surface area (Å²) in [5.74, 6) is 7.60. The van der Waals surface area contributed by atoms with Gasteiger partial charge in [-0.25, -0.2) is 5.84 Å². The van der Waals surface area contributed by atoms with E-state index >= 15 is 0 Å². The molecular formula is C14H19N3O. The first kappa shape index (κ1) is 10.8. The Labute approximate surface area is 107 Å². The highest BCUT2D eigenvalue weighted by molar-refractivity contribution is 5.55. The molecule has 0 aromatic carbocycles. The lowest BCUT2D eigenvalue weighted by Gasteiger charge is -2.34. The van der Waals surface area contributed by atoms with Crippen LogP contribution in [0.1, 0.15) is 19.8 Å². The molecule has 96 valence electrons. The van der Waals surface area contributed by atoms with Crippen molar-refractivity contribution >= 4 is 6.41 Å². The molecule has 3 aliphatic carbocycles. The largest absolute Gasteiger partial charge is 0.299 e. The highest BCUT2D eigenvalue weighted by Crippen LogP contribution is 2.82. The summed E-state index contributed by atoms with van der Waals surface area (Å²) in [6.45, 7) is 6.28. The molecule has 0 bridgehead atoms. The molecule has 4 heteroatoms. The SMILES string of the molecule is C=C(N(N)C=O)[C@@]12N[C@H]1C(C)C=CC2C12CC1C2. The zero-order chi connectivity index (χ0) is 12.7. The van der Waals surface area contributed by atoms with Crippen LogP contribution in [0.2, 0.25) is 0 Å². The van der Waals surface area contributed by atoms with Gasteiger partial charge in [-0.05, 0) is 30.1 Å². The number of hydrogen-bond acceptors (Lipinski definition) is 3. The van der Waals surface area contributed by atoms with Crippen molar-refractivity contribution in [2.75, 3.05) is 0 Å². The summed E-state index contributed by atoms with van der Waals surface area (Å²) in [7, 11) is 0. The maximum absolute atomic E-state index is 10.9. The fraction of sp³-hybridized carbons (Fsp3) is 0.643. The van der Waals surface area contributed by atoms with E-state index in [4.69, 9.17) is 5.84 Å². The van der Waals surface area contributed by atoms with Gasteiger partial charge in [0, 0.05) is 12.0 Å². The number of nitrogens with zero attached hydrogens (tertiary/aromatic N) is 1. The summed E-state index contributed by atoms with van der Waals surface area (Å²) >= 11 is 0. The molecule has 1 saturated heterocycles. The van der Waals surface area contributed by atoms with E-state index in [1.165, 1.54) is 12.8 Å². The average Bonchev–Trinajstić information content (AvgIpc) is 3.17. The van der Waals surface area contributed by atoms with Crippen LogP contribution in [-0.2, 0) is 4.79 Å². The van der Waals surface area contributed by atoms with Crippen molar-refractivity contribution in [2.45, 2.75) is 31.3 Å². The molecule has 4 rings (SSSR count). The molecule has 4 nitrogen and oxygen atoms in total. The summed E-state index contributed by atoms with van der Waals surface area (Å²) in [6, 6.07) is 0.391. The van der Waals surface area contributed by atoms with Gasteiger partial charge in [-0.1, -0.05) is 25.7 Å². The molecule has 1 amide bonds. The lowest BCUT2D eigenvalue weighted by atomic mass is 9.72. The van der Waals surface area contributed by atoms with Crippen LogP contribution in [0.5, 0.6) is 0 Å². The Hall–Kier alpha value is -1.13. The van der Waals surface area contributed by atoms with Gasteiger partial charge in [0.05, 0.1) is 11.2 Å². The van der Waals surface area contributed by atoms with Crippen molar-refractivity contribution in [1.29, 1.82) is 0 Å². The lowest BCUT2D eigenvalue weighted by Crippen LogP contribution is -2.45. The Morgan fingerprint density at radius 2 is 2.22 bits per heavy atom. The highest BCUT2D eigenvalue weighted by atomic mass is 16.1. The van der Waals surface area contributed by atoms with Crippen molar-refractivity contribution in [1.82, 2.24) is 10.3 Å². The third kappa shape index (κ3) is 1.02. The second-order valence-electron chi connectivity index (χ2n) is 6.51. The Kier molecular flexibility index (Phi) is 1.73. The van der Waals surface area contributed by atoms with Crippen LogP contribution in [0, 0.1) is 23.2 Å². The Morgan fingerprint density at radius 3 is 2.78 bits per heavy atom. The number of fused-ring (bicyclic) bond motifs is 2. The number of nitrogens with two attached hydrogens (primary N) is 1. The van der Waals surface area contributed by atoms with E-state index in [0.717, 1.165) is 16.6 Å². The van der Waals surface area contributed by atoms with Crippen LogP contribution in [0.25, 0.3) is 0 Å². The molecular weight excluding hydrogens is 226 g/mol. The number of amides is 1. The Bertz CT molecular complexity index is 479. The van der Waals surface area contributed by atoms with Gasteiger partial charge in [0.25, 0.3) is 0 Å². The minimum Gasteiger partial charge on any atom is -0.299 e. The second-order valence-corrected chi connectivity index (χ2v) is 6.51. The van der Waals surface area contributed by atoms with E-state index in [2.05, 4.69) is 31.0 Å². The normalized spacial score (nSPS) is 54.1. The van der Waals surface area contributed by atoms with Gasteiger partial charge in [-0.2, -0.15) is 0 Å². The van der Waals surface area contributed by atoms with Crippen molar-refractivity contribution in [3.63, 3.8) is 0 Å². The van der Waals surface area contributed by atoms with Gasteiger partial charge >= 0.3 is 0 Å². The molecule has 18 heavy (non-hydrogen) atoms. The molecule has 4 aliphatic rings. The fourth-order valence-electron chi connectivity index (χ4n) is 4.21. The second kappa shape index (κ2) is 2.89. The zero-order valence-electron chi connectivity index (χ0n) is 10.6. The maximum Gasteiger partial charge on any atom is 0.228 e. The molecule has 4 atom stereocenters. The van der Waals surface area contributed by atoms with Crippen LogP contribution < -0.4 is 11.2 Å². The van der Waals surface area contributed by atoms with E-state index in [0.29, 0.717) is 29.7 Å². The van der Waals surface area contributed by atoms with Crippen LogP contribution >= 0.6 is 0 Å². The summed E-state index contributed by atoms with van der Waals surface area (Å²) in [5.41, 5.74) is 1.08. The summed E-state index contributed by atoms with van der Waals surface area (Å²) in [4.78, 5) is 10.9. The predicted octanol–water partition coefficient (Wildman–Crippen LogP) is 0.775. The van der Waals surface area contributed by atoms with Gasteiger partial charge in [0.1, 0.15) is 0 Å². The van der Waals surface area contributed by atoms with E-state index in [1.54, 1.807) is 0 Å². The monoisotopic (exact) mass is 245 g/mol. The first-order valence-corrected chi connectivity index (χ1v) is 6.71. The smallest absolute Gasteiger partial charge is 0.228 e. The number of hydrazine groups is 1. The average molecular weight is 245 g/mol. The maximum atomic E-state index is 10.9. The molecule has 3 fully saturated rings. The number of hydrogen-bond donors (Lipinski definition) is 2. The van der Waals surface area contributed by atoms with Crippen molar-refractivity contribution < 1.29 is 4.79 Å². The van der Waals surface area contributed by atoms with Gasteiger partial charge in [0.15, 0.2) is 0 Å². The van der Waals surface area contributed by atoms with Crippen molar-refractivity contribution in [3.05, 3.63) is 24.4 Å². The molecule has 3 N–H and O–H groups in total. The van der Waals surface area contributed by atoms with Crippen LogP contribution in [0.3, 0.4) is 0 Å². The summed E-state index contributed by atoms with van der Waals surface area (Å²) < 4.78 is 0. The summed E-state index contributed by atoms with van der Waals surface area (Å²) in [6.07, 6.45) is 7.99. The van der Waals surface area contributed by atoms with Gasteiger partial charge < -0.3 is 0 Å². The van der Waals surface area contributed by atoms with Crippen molar-refractivity contribution in [3.8, 4) is 0 Å². The number of carbonyl (C=O) groups excluding carboxylic acids is 1. The molecule has 0 spiro atoms. The summed E-state index contributed by atoms with van der Waals surface area (Å²) in [5, 5.41) is 4.74. The standard InChI is InChI=1S/C14H19N3O/c1-8-3-4-11(13-5-10(13)6-13)14(12(8)16-14)9(2)17(15)7-18/h3-4,7-8,10-12,16H,2,5-6,15H2,1H3/t8?,10?,11?,12-,13?,14-/m0/s1. The molecule has 1 aliphatic heterocycles. The lowest BCUT2D eigenvalue weighted by molar-refractivity contribution is -0.117. The highest BCUT2D eigenvalue weighted by Gasteiger charge is 2.80. The zero-order valence-corrected chi connectivity index (χ0v) is 10.6. The number of rotatable bonds is 4. The fourth-order valence-corrected chi connectivity index (χ4v) is 4.21. The van der Waals surface area contributed by atoms with E-state index in [9.17, 15) is 4.79 Å². The van der Waals surface area contributed by atoms with Gasteiger partial charge in [-0.3, -0.25) is 15.1 Å². The van der Waals surface area contributed by atoms with Crippen molar-refractivity contribution in [2.24, 2.45) is 29.0 Å². The van der Waals surface area contributed by atoms with Crippen LogP contribution in [-0.4, -0.2) is 23.0 Å². The van der Waals surface area contributed by atoms with E-state index in [1.807, 2.05) is 0 Å². The third-order valence-electron chi connectivity index (χ3n) is 5.69. The van der Waals surface area contributed by atoms with Crippen LogP contribution in [0.4, 0.5) is 0 Å². The van der Waals surface area contributed by atoms with E-state index < -0.39 is 0 Å². The van der Waals surface area contributed by atoms with Gasteiger partial charge in [0.2, 0.25) is 6.41 Å². The molecule has 2 unspecified atom stereocenters. The molecule has 1 heterocycles. The quantitative estimate of drug-likeness (QED) is 0.192. The molecule has 0 aromatic heterocycles. The number of nitrogens with one attached hydrogen (secondary N) is 1. The Morgan fingerprint density at radius 1 is 1.56 bits per heavy atom.